The molecule has 1 aromatic carbocycles. The van der Waals surface area contributed by atoms with Crippen molar-refractivity contribution >= 4 is 11.5 Å². The van der Waals surface area contributed by atoms with Crippen LogP contribution in [0.15, 0.2) is 47.1 Å². The molecule has 1 saturated heterocycles. The molecular weight excluding hydrogens is 418 g/mol. The number of nitrogens with zero attached hydrogens (tertiary/aromatic N) is 1. The number of hydrogen-bond donors (Lipinski definition) is 0. The molecule has 3 nitrogen and oxygen atoms in total. The van der Waals surface area contributed by atoms with E-state index < -0.39 is 0 Å². The summed E-state index contributed by atoms with van der Waals surface area (Å²) in [6.45, 7) is 6.00. The Hall–Kier alpha value is -1.87. The van der Waals surface area contributed by atoms with Crippen molar-refractivity contribution in [3.05, 3.63) is 52.6 Å². The van der Waals surface area contributed by atoms with E-state index in [1.807, 2.05) is 6.08 Å². The minimum absolute atomic E-state index is 0.0618. The van der Waals surface area contributed by atoms with Gasteiger partial charge in [0.25, 0.3) is 0 Å². The smallest absolute Gasteiger partial charge is 0.156 e. The van der Waals surface area contributed by atoms with Crippen LogP contribution in [0.4, 0.5) is 5.69 Å². The molecule has 0 N–H and O–H groups in total. The lowest BCUT2D eigenvalue weighted by atomic mass is 9.49. The Morgan fingerprint density at radius 3 is 2.56 bits per heavy atom. The summed E-state index contributed by atoms with van der Waals surface area (Å²) in [7, 11) is 4.23. The molecule has 1 aromatic rings. The van der Waals surface area contributed by atoms with E-state index in [0.717, 1.165) is 19.4 Å². The van der Waals surface area contributed by atoms with Crippen LogP contribution < -0.4 is 4.90 Å². The number of rotatable bonds is 2. The lowest BCUT2D eigenvalue weighted by molar-refractivity contribution is -0.163. The zero-order valence-corrected chi connectivity index (χ0v) is 21.5. The predicted octanol–water partition coefficient (Wildman–Crippen LogP) is 6.84. The molecule has 182 valence electrons. The first-order valence-corrected chi connectivity index (χ1v) is 13.7. The van der Waals surface area contributed by atoms with E-state index in [9.17, 15) is 4.79 Å². The normalized spacial score (nSPS) is 39.4. The standard InChI is InChI=1S/C31H41NO2/c1-20-17-22-18-24(33)11-12-25(22)29-26(21-7-9-23(10-8-21)32(3)4)19-30(2)27(28(20)29)13-15-31(30)14-5-6-16-34-31/h7-10,18,20,26-28H,5-6,11-17,19H2,1-4H3/t20-,26+,27-,28-,30-,31?/m0/s1. The van der Waals surface area contributed by atoms with Crippen LogP contribution in [0.1, 0.15) is 83.1 Å². The van der Waals surface area contributed by atoms with Gasteiger partial charge < -0.3 is 9.64 Å². The largest absolute Gasteiger partial charge is 0.378 e. The van der Waals surface area contributed by atoms with E-state index in [1.165, 1.54) is 55.3 Å². The van der Waals surface area contributed by atoms with Gasteiger partial charge in [-0.2, -0.15) is 0 Å². The number of ether oxygens (including phenoxy) is 1. The van der Waals surface area contributed by atoms with Crippen molar-refractivity contribution in [1.82, 2.24) is 0 Å². The molecule has 2 saturated carbocycles. The first kappa shape index (κ1) is 22.6. The average molecular weight is 460 g/mol. The average Bonchev–Trinajstić information content (AvgIpc) is 3.10. The first-order valence-electron chi connectivity index (χ1n) is 13.7. The number of benzene rings is 1. The van der Waals surface area contributed by atoms with E-state index in [1.54, 1.807) is 11.1 Å². The molecule has 6 atom stereocenters. The molecule has 3 fully saturated rings. The summed E-state index contributed by atoms with van der Waals surface area (Å²) in [6, 6.07) is 9.35. The van der Waals surface area contributed by atoms with Crippen LogP contribution >= 0.6 is 0 Å². The van der Waals surface area contributed by atoms with Gasteiger partial charge in [-0.15, -0.1) is 0 Å². The van der Waals surface area contributed by atoms with Crippen molar-refractivity contribution in [3.8, 4) is 0 Å². The van der Waals surface area contributed by atoms with Gasteiger partial charge in [0, 0.05) is 44.1 Å². The lowest BCUT2D eigenvalue weighted by Gasteiger charge is -2.58. The molecule has 1 spiro atoms. The van der Waals surface area contributed by atoms with Gasteiger partial charge in [0.05, 0.1) is 5.60 Å². The van der Waals surface area contributed by atoms with E-state index >= 15 is 0 Å². The van der Waals surface area contributed by atoms with E-state index in [0.29, 0.717) is 35.9 Å². The SMILES string of the molecule is C[C@H]1CC2=CC(=O)CCC2=C2[C@@H]1[C@@H]1CCC3(CCCCO3)[C@@]1(C)C[C@@H]2c1ccc(N(C)C)cc1. The van der Waals surface area contributed by atoms with Crippen LogP contribution in [0.3, 0.4) is 0 Å². The molecule has 1 heterocycles. The van der Waals surface area contributed by atoms with E-state index in [4.69, 9.17) is 4.74 Å². The molecule has 0 bridgehead atoms. The van der Waals surface area contributed by atoms with Gasteiger partial charge in [-0.3, -0.25) is 4.79 Å². The Balaban J connectivity index is 1.51. The number of anilines is 1. The Labute approximate surface area is 205 Å². The van der Waals surface area contributed by atoms with Crippen LogP contribution in [0.2, 0.25) is 0 Å². The van der Waals surface area contributed by atoms with Crippen LogP contribution in [-0.2, 0) is 9.53 Å². The fourth-order valence-corrected chi connectivity index (χ4v) is 8.89. The van der Waals surface area contributed by atoms with Gasteiger partial charge >= 0.3 is 0 Å². The molecule has 5 aliphatic rings. The second-order valence-corrected chi connectivity index (χ2v) is 12.4. The number of ketones is 1. The molecule has 4 aliphatic carbocycles. The van der Waals surface area contributed by atoms with Gasteiger partial charge in [-0.1, -0.05) is 31.6 Å². The highest BCUT2D eigenvalue weighted by Crippen LogP contribution is 2.69. The van der Waals surface area contributed by atoms with Gasteiger partial charge in [-0.25, -0.2) is 0 Å². The van der Waals surface area contributed by atoms with Crippen molar-refractivity contribution in [1.29, 1.82) is 0 Å². The highest BCUT2D eigenvalue weighted by molar-refractivity contribution is 5.93. The summed E-state index contributed by atoms with van der Waals surface area (Å²) in [6.07, 6.45) is 12.2. The van der Waals surface area contributed by atoms with E-state index in [-0.39, 0.29) is 11.0 Å². The van der Waals surface area contributed by atoms with Crippen LogP contribution in [-0.4, -0.2) is 32.1 Å². The topological polar surface area (TPSA) is 29.5 Å². The number of allylic oxidation sites excluding steroid dienone is 4. The molecule has 3 heteroatoms. The fourth-order valence-electron chi connectivity index (χ4n) is 8.89. The third-order valence-corrected chi connectivity index (χ3v) is 10.5. The highest BCUT2D eigenvalue weighted by atomic mass is 16.5. The minimum atomic E-state index is 0.0618. The van der Waals surface area contributed by atoms with Gasteiger partial charge in [0.2, 0.25) is 0 Å². The Bertz CT molecular complexity index is 1040. The monoisotopic (exact) mass is 459 g/mol. The molecule has 1 unspecified atom stereocenters. The van der Waals surface area contributed by atoms with Crippen molar-refractivity contribution < 1.29 is 9.53 Å². The maximum Gasteiger partial charge on any atom is 0.156 e. The summed E-state index contributed by atoms with van der Waals surface area (Å²) in [4.78, 5) is 14.5. The zero-order valence-electron chi connectivity index (χ0n) is 21.5. The highest BCUT2D eigenvalue weighted by Gasteiger charge is 2.64. The molecule has 6 rings (SSSR count). The van der Waals surface area contributed by atoms with Crippen molar-refractivity contribution in [2.45, 2.75) is 83.2 Å². The molecule has 0 radical (unpaired) electrons. The summed E-state index contributed by atoms with van der Waals surface area (Å²) in [5.41, 5.74) is 7.60. The molecular formula is C31H41NO2. The molecule has 34 heavy (non-hydrogen) atoms. The second kappa shape index (κ2) is 8.08. The van der Waals surface area contributed by atoms with Gasteiger partial charge in [-0.05, 0) is 104 Å². The minimum Gasteiger partial charge on any atom is -0.378 e. The van der Waals surface area contributed by atoms with Crippen LogP contribution in [0.5, 0.6) is 0 Å². The second-order valence-electron chi connectivity index (χ2n) is 12.4. The van der Waals surface area contributed by atoms with Crippen LogP contribution in [0, 0.1) is 23.2 Å². The van der Waals surface area contributed by atoms with Crippen molar-refractivity contribution in [2.24, 2.45) is 23.2 Å². The lowest BCUT2D eigenvalue weighted by Crippen LogP contribution is -2.55. The number of hydrogen-bond acceptors (Lipinski definition) is 3. The summed E-state index contributed by atoms with van der Waals surface area (Å²) >= 11 is 0. The van der Waals surface area contributed by atoms with Gasteiger partial charge in [0.15, 0.2) is 5.78 Å². The molecule has 0 amide bonds. The maximum atomic E-state index is 12.4. The molecule has 0 aromatic heterocycles. The van der Waals surface area contributed by atoms with E-state index in [2.05, 4.69) is 57.1 Å². The fraction of sp³-hybridized carbons (Fsp3) is 0.645. The number of carbonyl (C=O) groups is 1. The predicted molar refractivity (Wildman–Crippen MR) is 138 cm³/mol. The third kappa shape index (κ3) is 3.22. The Morgan fingerprint density at radius 2 is 1.85 bits per heavy atom. The zero-order chi connectivity index (χ0) is 23.7. The third-order valence-electron chi connectivity index (χ3n) is 10.5. The molecule has 1 aliphatic heterocycles. The van der Waals surface area contributed by atoms with Gasteiger partial charge in [0.1, 0.15) is 0 Å². The Morgan fingerprint density at radius 1 is 1.06 bits per heavy atom. The number of carbonyl (C=O) groups excluding carboxylic acids is 1. The summed E-state index contributed by atoms with van der Waals surface area (Å²) < 4.78 is 6.79. The van der Waals surface area contributed by atoms with Crippen molar-refractivity contribution in [2.75, 3.05) is 25.6 Å². The maximum absolute atomic E-state index is 12.4. The number of fused-ring (bicyclic) bond motifs is 5. The first-order chi connectivity index (χ1) is 16.3. The van der Waals surface area contributed by atoms with Crippen LogP contribution in [0.25, 0.3) is 0 Å². The quantitative estimate of drug-likeness (QED) is 0.485. The summed E-state index contributed by atoms with van der Waals surface area (Å²) in [5, 5.41) is 0. The Kier molecular flexibility index (Phi) is 5.37. The summed E-state index contributed by atoms with van der Waals surface area (Å²) in [5.74, 6) is 2.65. The van der Waals surface area contributed by atoms with Crippen molar-refractivity contribution in [3.63, 3.8) is 0 Å².